The van der Waals surface area contributed by atoms with Crippen molar-refractivity contribution < 1.29 is 24.8 Å². The minimum absolute atomic E-state index is 0.0624. The molecule has 5 nitrogen and oxygen atoms in total. The van der Waals surface area contributed by atoms with E-state index in [-0.39, 0.29) is 11.3 Å². The molecule has 0 fully saturated rings. The number of carboxylic acid groups (broad SMARTS) is 1. The molecule has 0 amide bonds. The van der Waals surface area contributed by atoms with Crippen LogP contribution in [0.15, 0.2) is 0 Å². The highest BCUT2D eigenvalue weighted by atomic mass is 17.2. The van der Waals surface area contributed by atoms with Gasteiger partial charge in [-0.05, 0) is 38.8 Å². The number of carbonyl (C=O) groups is 1. The molecule has 2 N–H and O–H groups in total. The van der Waals surface area contributed by atoms with E-state index in [4.69, 9.17) is 14.9 Å². The van der Waals surface area contributed by atoms with Gasteiger partial charge in [-0.15, -0.1) is 0 Å². The van der Waals surface area contributed by atoms with Gasteiger partial charge < -0.3 is 15.1 Å². The molecule has 0 heterocycles. The summed E-state index contributed by atoms with van der Waals surface area (Å²) < 4.78 is 0. The summed E-state index contributed by atoms with van der Waals surface area (Å²) in [6, 6.07) is 0. The van der Waals surface area contributed by atoms with E-state index >= 15 is 0 Å². The fourth-order valence-electron chi connectivity index (χ4n) is 1.59. The monoisotopic (exact) mass is 240 g/mol. The lowest BCUT2D eigenvalue weighted by Crippen LogP contribution is -2.07. The van der Waals surface area contributed by atoms with E-state index in [0.29, 0.717) is 17.7 Å². The number of phenols is 1. The van der Waals surface area contributed by atoms with Gasteiger partial charge in [0, 0.05) is 5.56 Å². The van der Waals surface area contributed by atoms with Gasteiger partial charge in [0.2, 0.25) is 5.75 Å². The minimum atomic E-state index is -1.19. The van der Waals surface area contributed by atoms with Crippen LogP contribution in [0.25, 0.3) is 0 Å². The number of benzene rings is 1. The Bertz CT molecular complexity index is 451. The first-order valence-corrected chi connectivity index (χ1v) is 5.27. The van der Waals surface area contributed by atoms with Crippen molar-refractivity contribution >= 4 is 5.97 Å². The number of carboxylic acids is 1. The third-order valence-electron chi connectivity index (χ3n) is 2.77. The Morgan fingerprint density at radius 3 is 2.24 bits per heavy atom. The summed E-state index contributed by atoms with van der Waals surface area (Å²) in [5.41, 5.74) is 1.80. The molecule has 94 valence electrons. The Morgan fingerprint density at radius 1 is 1.18 bits per heavy atom. The van der Waals surface area contributed by atoms with Crippen LogP contribution in [-0.2, 0) is 4.89 Å². The molecule has 1 aromatic rings. The second kappa shape index (κ2) is 5.05. The maximum atomic E-state index is 11.1. The lowest BCUT2D eigenvalue weighted by molar-refractivity contribution is -0.203. The van der Waals surface area contributed by atoms with Gasteiger partial charge in [0.05, 0.1) is 6.61 Å². The maximum Gasteiger partial charge on any atom is 0.339 e. The molecule has 17 heavy (non-hydrogen) atoms. The van der Waals surface area contributed by atoms with Gasteiger partial charge >= 0.3 is 5.97 Å². The predicted octanol–water partition coefficient (Wildman–Crippen LogP) is 2.35. The highest BCUT2D eigenvalue weighted by Crippen LogP contribution is 2.38. The van der Waals surface area contributed by atoms with Crippen LogP contribution in [0.4, 0.5) is 0 Å². The lowest BCUT2D eigenvalue weighted by atomic mass is 9.96. The molecular weight excluding hydrogens is 224 g/mol. The van der Waals surface area contributed by atoms with E-state index in [9.17, 15) is 9.90 Å². The van der Waals surface area contributed by atoms with E-state index in [1.165, 1.54) is 0 Å². The van der Waals surface area contributed by atoms with Crippen LogP contribution >= 0.6 is 0 Å². The topological polar surface area (TPSA) is 76.0 Å². The fraction of sp³-hybridized carbons (Fsp3) is 0.417. The van der Waals surface area contributed by atoms with Gasteiger partial charge in [-0.1, -0.05) is 0 Å². The molecule has 0 aliphatic heterocycles. The van der Waals surface area contributed by atoms with Crippen molar-refractivity contribution in [2.75, 3.05) is 6.61 Å². The first-order chi connectivity index (χ1) is 7.91. The molecule has 0 unspecified atom stereocenters. The molecule has 0 saturated carbocycles. The quantitative estimate of drug-likeness (QED) is 0.624. The molecule has 0 saturated heterocycles. The number of aromatic hydroxyl groups is 1. The van der Waals surface area contributed by atoms with Crippen molar-refractivity contribution in [3.05, 3.63) is 22.3 Å². The molecule has 0 aliphatic rings. The second-order valence-corrected chi connectivity index (χ2v) is 3.72. The molecule has 0 atom stereocenters. The molecule has 0 spiro atoms. The molecule has 1 rings (SSSR count). The summed E-state index contributed by atoms with van der Waals surface area (Å²) >= 11 is 0. The van der Waals surface area contributed by atoms with Crippen LogP contribution in [0.5, 0.6) is 11.5 Å². The average Bonchev–Trinajstić information content (AvgIpc) is 2.26. The SMILES string of the molecule is CCOOc1c(C)c(C)c(C)c(C(=O)O)c1O. The zero-order valence-electron chi connectivity index (χ0n) is 10.3. The Labute approximate surface area is 99.5 Å². The summed E-state index contributed by atoms with van der Waals surface area (Å²) in [4.78, 5) is 20.8. The Kier molecular flexibility index (Phi) is 3.96. The third kappa shape index (κ3) is 2.34. The molecule has 0 aliphatic carbocycles. The van der Waals surface area contributed by atoms with Gasteiger partial charge in [-0.25, -0.2) is 4.79 Å². The van der Waals surface area contributed by atoms with E-state index in [2.05, 4.69) is 0 Å². The van der Waals surface area contributed by atoms with Crippen molar-refractivity contribution in [1.29, 1.82) is 0 Å². The first-order valence-electron chi connectivity index (χ1n) is 5.27. The lowest BCUT2D eigenvalue weighted by Gasteiger charge is -2.15. The highest BCUT2D eigenvalue weighted by Gasteiger charge is 2.23. The van der Waals surface area contributed by atoms with Crippen molar-refractivity contribution in [2.24, 2.45) is 0 Å². The van der Waals surface area contributed by atoms with Crippen LogP contribution in [0.3, 0.4) is 0 Å². The Morgan fingerprint density at radius 2 is 1.76 bits per heavy atom. The van der Waals surface area contributed by atoms with Gasteiger partial charge in [0.1, 0.15) is 5.56 Å². The van der Waals surface area contributed by atoms with Crippen LogP contribution in [0, 0.1) is 20.8 Å². The molecule has 0 aromatic heterocycles. The van der Waals surface area contributed by atoms with E-state index < -0.39 is 11.7 Å². The third-order valence-corrected chi connectivity index (χ3v) is 2.77. The normalized spacial score (nSPS) is 10.4. The zero-order valence-corrected chi connectivity index (χ0v) is 10.3. The number of aromatic carboxylic acids is 1. The van der Waals surface area contributed by atoms with E-state index in [1.807, 2.05) is 0 Å². The van der Waals surface area contributed by atoms with Crippen LogP contribution in [0.2, 0.25) is 0 Å². The van der Waals surface area contributed by atoms with Crippen molar-refractivity contribution in [1.82, 2.24) is 0 Å². The molecule has 1 aromatic carbocycles. The number of hydrogen-bond acceptors (Lipinski definition) is 4. The predicted molar refractivity (Wildman–Crippen MR) is 61.5 cm³/mol. The minimum Gasteiger partial charge on any atom is -0.504 e. The average molecular weight is 240 g/mol. The Hall–Kier alpha value is -1.75. The van der Waals surface area contributed by atoms with Crippen LogP contribution in [0.1, 0.15) is 34.0 Å². The zero-order chi connectivity index (χ0) is 13.2. The van der Waals surface area contributed by atoms with Crippen molar-refractivity contribution in [3.63, 3.8) is 0 Å². The number of rotatable bonds is 4. The smallest absolute Gasteiger partial charge is 0.339 e. The van der Waals surface area contributed by atoms with Crippen LogP contribution in [-0.4, -0.2) is 22.8 Å². The van der Waals surface area contributed by atoms with E-state index in [0.717, 1.165) is 5.56 Å². The van der Waals surface area contributed by atoms with Gasteiger partial charge in [0.25, 0.3) is 0 Å². The molecule has 5 heteroatoms. The van der Waals surface area contributed by atoms with Gasteiger partial charge in [0.15, 0.2) is 5.75 Å². The molecule has 0 radical (unpaired) electrons. The second-order valence-electron chi connectivity index (χ2n) is 3.72. The maximum absolute atomic E-state index is 11.1. The summed E-state index contributed by atoms with van der Waals surface area (Å²) in [5.74, 6) is -1.52. The summed E-state index contributed by atoms with van der Waals surface area (Å²) in [7, 11) is 0. The van der Waals surface area contributed by atoms with Crippen molar-refractivity contribution in [3.8, 4) is 11.5 Å². The number of hydrogen-bond donors (Lipinski definition) is 2. The summed E-state index contributed by atoms with van der Waals surface area (Å²) in [6.45, 7) is 7.19. The van der Waals surface area contributed by atoms with Gasteiger partial charge in [-0.3, -0.25) is 0 Å². The summed E-state index contributed by atoms with van der Waals surface area (Å²) in [5, 5.41) is 18.9. The van der Waals surface area contributed by atoms with Crippen LogP contribution < -0.4 is 4.89 Å². The van der Waals surface area contributed by atoms with Crippen molar-refractivity contribution in [2.45, 2.75) is 27.7 Å². The largest absolute Gasteiger partial charge is 0.504 e. The standard InChI is InChI=1S/C12H16O5/c1-5-16-17-11-8(4)6(2)7(3)9(10(11)13)12(14)15/h13H,5H2,1-4H3,(H,14,15). The molecular formula is C12H16O5. The van der Waals surface area contributed by atoms with Gasteiger partial charge in [-0.2, -0.15) is 4.89 Å². The summed E-state index contributed by atoms with van der Waals surface area (Å²) in [6.07, 6.45) is 0. The molecule has 0 bridgehead atoms. The van der Waals surface area contributed by atoms with E-state index in [1.54, 1.807) is 27.7 Å². The first kappa shape index (κ1) is 13.3. The fourth-order valence-corrected chi connectivity index (χ4v) is 1.59. The highest BCUT2D eigenvalue weighted by molar-refractivity contribution is 5.94. The Balaban J connectivity index is 3.44.